The van der Waals surface area contributed by atoms with Crippen LogP contribution in [0.5, 0.6) is 0 Å². The smallest absolute Gasteiger partial charge is 0.337 e. The predicted octanol–water partition coefficient (Wildman–Crippen LogP) is 1.38. The largest absolute Gasteiger partial charge is 0.465 e. The summed E-state index contributed by atoms with van der Waals surface area (Å²) < 4.78 is 27.4. The van der Waals surface area contributed by atoms with E-state index in [4.69, 9.17) is 9.88 Å². The van der Waals surface area contributed by atoms with Crippen LogP contribution in [0.3, 0.4) is 0 Å². The van der Waals surface area contributed by atoms with Crippen LogP contribution in [-0.2, 0) is 26.0 Å². The fourth-order valence-electron chi connectivity index (χ4n) is 4.18. The third kappa shape index (κ3) is 6.34. The van der Waals surface area contributed by atoms with E-state index in [-0.39, 0.29) is 28.9 Å². The Morgan fingerprint density at radius 3 is 2.32 bits per heavy atom. The first-order chi connectivity index (χ1) is 16.1. The molecule has 2 unspecified atom stereocenters. The number of hydrogen-bond donors (Lipinski definition) is 2. The summed E-state index contributed by atoms with van der Waals surface area (Å²) in [5.74, 6) is -0.394. The Labute approximate surface area is 200 Å². The minimum atomic E-state index is -3.71. The number of hydrogen-bond acceptors (Lipinski definition) is 7. The Kier molecular flexibility index (Phi) is 8.29. The fourth-order valence-corrected chi connectivity index (χ4v) is 4.70. The second-order valence-electron chi connectivity index (χ2n) is 8.48. The summed E-state index contributed by atoms with van der Waals surface area (Å²) in [6.45, 7) is 6.75. The maximum Gasteiger partial charge on any atom is 0.337 e. The van der Waals surface area contributed by atoms with Gasteiger partial charge < -0.3 is 15.0 Å². The third-order valence-electron chi connectivity index (χ3n) is 6.17. The van der Waals surface area contributed by atoms with Crippen LogP contribution >= 0.6 is 0 Å². The zero-order valence-corrected chi connectivity index (χ0v) is 20.5. The third-order valence-corrected chi connectivity index (χ3v) is 7.10. The Bertz CT molecular complexity index is 1100. The van der Waals surface area contributed by atoms with E-state index in [1.807, 2.05) is 19.1 Å². The molecule has 0 aromatic heterocycles. The van der Waals surface area contributed by atoms with E-state index in [1.165, 1.54) is 19.2 Å². The van der Waals surface area contributed by atoms with Crippen molar-refractivity contribution in [2.45, 2.75) is 37.2 Å². The molecule has 9 nitrogen and oxygen atoms in total. The molecule has 0 spiro atoms. The van der Waals surface area contributed by atoms with E-state index in [0.717, 1.165) is 30.9 Å². The normalized spacial score (nSPS) is 17.8. The Morgan fingerprint density at radius 2 is 1.76 bits per heavy atom. The molecule has 3 N–H and O–H groups in total. The van der Waals surface area contributed by atoms with Gasteiger partial charge in [0.1, 0.15) is 0 Å². The van der Waals surface area contributed by atoms with Crippen molar-refractivity contribution in [3.05, 3.63) is 59.7 Å². The lowest BCUT2D eigenvalue weighted by molar-refractivity contribution is -0.126. The van der Waals surface area contributed by atoms with Crippen LogP contribution in [0.1, 0.15) is 29.8 Å². The number of sulfonamides is 1. The molecule has 10 heteroatoms. The molecule has 0 radical (unpaired) electrons. The van der Waals surface area contributed by atoms with Gasteiger partial charge in [0.05, 0.1) is 23.6 Å². The summed E-state index contributed by atoms with van der Waals surface area (Å²) in [4.78, 5) is 28.9. The monoisotopic (exact) mass is 488 g/mol. The molecule has 1 amide bonds. The number of piperazine rings is 1. The van der Waals surface area contributed by atoms with E-state index in [0.29, 0.717) is 18.5 Å². The molecule has 34 heavy (non-hydrogen) atoms. The van der Waals surface area contributed by atoms with Crippen LogP contribution in [0.25, 0.3) is 0 Å². The standard InChI is InChI=1S/C24H32N4O5S/c1-17-16-27(21-8-6-20(7-9-21)24(30)33-3)14-15-28(17)18(2)23(29)26-13-12-19-4-10-22(11-5-19)34(25,31)32/h4-11,17-18H,12-16H2,1-3H3,(H,26,29)(H2,25,31,32). The minimum Gasteiger partial charge on any atom is -0.465 e. The second-order valence-corrected chi connectivity index (χ2v) is 10.0. The van der Waals surface area contributed by atoms with Crippen molar-refractivity contribution in [2.24, 2.45) is 5.14 Å². The van der Waals surface area contributed by atoms with Crippen LogP contribution in [0.2, 0.25) is 0 Å². The molecule has 2 atom stereocenters. The van der Waals surface area contributed by atoms with E-state index < -0.39 is 10.0 Å². The quantitative estimate of drug-likeness (QED) is 0.538. The van der Waals surface area contributed by atoms with Crippen LogP contribution in [0.15, 0.2) is 53.4 Å². The van der Waals surface area contributed by atoms with Crippen molar-refractivity contribution in [1.29, 1.82) is 0 Å². The molecule has 0 saturated carbocycles. The molecule has 0 aliphatic carbocycles. The number of esters is 1. The number of benzene rings is 2. The summed E-state index contributed by atoms with van der Waals surface area (Å²) in [5, 5.41) is 8.09. The molecule has 184 valence electrons. The highest BCUT2D eigenvalue weighted by Crippen LogP contribution is 2.21. The van der Waals surface area contributed by atoms with Gasteiger partial charge in [-0.05, 0) is 62.2 Å². The van der Waals surface area contributed by atoms with Crippen molar-refractivity contribution in [3.8, 4) is 0 Å². The van der Waals surface area contributed by atoms with Gasteiger partial charge in [-0.1, -0.05) is 12.1 Å². The average molecular weight is 489 g/mol. The topological polar surface area (TPSA) is 122 Å². The van der Waals surface area contributed by atoms with Crippen LogP contribution in [0, 0.1) is 0 Å². The van der Waals surface area contributed by atoms with Crippen molar-refractivity contribution in [2.75, 3.05) is 38.2 Å². The van der Waals surface area contributed by atoms with Gasteiger partial charge >= 0.3 is 5.97 Å². The highest BCUT2D eigenvalue weighted by molar-refractivity contribution is 7.89. The molecule has 2 aromatic carbocycles. The average Bonchev–Trinajstić information content (AvgIpc) is 2.83. The van der Waals surface area contributed by atoms with Gasteiger partial charge in [-0.25, -0.2) is 18.4 Å². The number of nitrogens with one attached hydrogen (secondary N) is 1. The number of primary sulfonamides is 1. The predicted molar refractivity (Wildman–Crippen MR) is 130 cm³/mol. The maximum absolute atomic E-state index is 12.7. The van der Waals surface area contributed by atoms with Crippen molar-refractivity contribution < 1.29 is 22.7 Å². The Balaban J connectivity index is 1.49. The second kappa shape index (κ2) is 11.0. The molecule has 0 bridgehead atoms. The first-order valence-electron chi connectivity index (χ1n) is 11.2. The fraction of sp³-hybridized carbons (Fsp3) is 0.417. The number of methoxy groups -OCH3 is 1. The van der Waals surface area contributed by atoms with Gasteiger partial charge in [0, 0.05) is 37.9 Å². The van der Waals surface area contributed by atoms with Gasteiger partial charge in [0.2, 0.25) is 15.9 Å². The van der Waals surface area contributed by atoms with E-state index >= 15 is 0 Å². The maximum atomic E-state index is 12.7. The molecule has 1 aliphatic heterocycles. The first kappa shape index (κ1) is 25.7. The lowest BCUT2D eigenvalue weighted by atomic mass is 10.1. The number of nitrogens with two attached hydrogens (primary N) is 1. The number of anilines is 1. The van der Waals surface area contributed by atoms with Crippen LogP contribution in [-0.4, -0.2) is 70.6 Å². The molecule has 1 aliphatic rings. The number of rotatable bonds is 8. The first-order valence-corrected chi connectivity index (χ1v) is 12.7. The molecule has 1 saturated heterocycles. The summed E-state index contributed by atoms with van der Waals surface area (Å²) in [6, 6.07) is 13.6. The summed E-state index contributed by atoms with van der Waals surface area (Å²) in [5.41, 5.74) is 2.47. The number of amides is 1. The van der Waals surface area contributed by atoms with Gasteiger partial charge in [-0.2, -0.15) is 0 Å². The molecule has 2 aromatic rings. The highest BCUT2D eigenvalue weighted by Gasteiger charge is 2.30. The van der Waals surface area contributed by atoms with Crippen LogP contribution < -0.4 is 15.4 Å². The summed E-state index contributed by atoms with van der Waals surface area (Å²) in [6.07, 6.45) is 0.592. The molecule has 3 rings (SSSR count). The van der Waals surface area contributed by atoms with Gasteiger partial charge in [0.25, 0.3) is 0 Å². The summed E-state index contributed by atoms with van der Waals surface area (Å²) in [7, 11) is -2.34. The SMILES string of the molecule is COC(=O)c1ccc(N2CCN(C(C)C(=O)NCCc3ccc(S(N)(=O)=O)cc3)C(C)C2)cc1. The van der Waals surface area contributed by atoms with E-state index in [2.05, 4.69) is 22.0 Å². The van der Waals surface area contributed by atoms with Crippen molar-refractivity contribution in [1.82, 2.24) is 10.2 Å². The Hall–Kier alpha value is -2.95. The molecule has 1 fully saturated rings. The minimum absolute atomic E-state index is 0.0381. The van der Waals surface area contributed by atoms with Gasteiger partial charge in [-0.3, -0.25) is 9.69 Å². The summed E-state index contributed by atoms with van der Waals surface area (Å²) >= 11 is 0. The zero-order valence-electron chi connectivity index (χ0n) is 19.7. The lowest BCUT2D eigenvalue weighted by Crippen LogP contribution is -2.58. The van der Waals surface area contributed by atoms with Gasteiger partial charge in [0.15, 0.2) is 0 Å². The Morgan fingerprint density at radius 1 is 1.12 bits per heavy atom. The molecular formula is C24H32N4O5S. The van der Waals surface area contributed by atoms with Gasteiger partial charge in [-0.15, -0.1) is 0 Å². The zero-order chi connectivity index (χ0) is 24.9. The highest BCUT2D eigenvalue weighted by atomic mass is 32.2. The van der Waals surface area contributed by atoms with Crippen molar-refractivity contribution in [3.63, 3.8) is 0 Å². The van der Waals surface area contributed by atoms with E-state index in [1.54, 1.807) is 24.3 Å². The lowest BCUT2D eigenvalue weighted by Gasteiger charge is -2.43. The van der Waals surface area contributed by atoms with E-state index in [9.17, 15) is 18.0 Å². The number of nitrogens with zero attached hydrogens (tertiary/aromatic N) is 2. The number of carbonyl (C=O) groups is 2. The molecule has 1 heterocycles. The van der Waals surface area contributed by atoms with Crippen molar-refractivity contribution >= 4 is 27.6 Å². The number of carbonyl (C=O) groups excluding carboxylic acids is 2. The van der Waals surface area contributed by atoms with Crippen LogP contribution in [0.4, 0.5) is 5.69 Å². The number of ether oxygens (including phenoxy) is 1. The molecular weight excluding hydrogens is 456 g/mol.